The van der Waals surface area contributed by atoms with Crippen molar-refractivity contribution in [1.29, 1.82) is 0 Å². The molecule has 2 rings (SSSR count). The van der Waals surface area contributed by atoms with Crippen LogP contribution in [0.3, 0.4) is 0 Å². The zero-order chi connectivity index (χ0) is 14.9. The van der Waals surface area contributed by atoms with Gasteiger partial charge in [0.15, 0.2) is 0 Å². The van der Waals surface area contributed by atoms with Crippen LogP contribution in [0.15, 0.2) is 28.7 Å². The molecule has 0 unspecified atom stereocenters. The minimum absolute atomic E-state index is 0.276. The van der Waals surface area contributed by atoms with Crippen LogP contribution in [0.2, 0.25) is 0 Å². The van der Waals surface area contributed by atoms with Gasteiger partial charge in [-0.3, -0.25) is 0 Å². The summed E-state index contributed by atoms with van der Waals surface area (Å²) in [4.78, 5) is 4.65. The van der Waals surface area contributed by atoms with Gasteiger partial charge < -0.3 is 10.5 Å². The number of pyridine rings is 1. The molecule has 0 aliphatic rings. The van der Waals surface area contributed by atoms with E-state index in [-0.39, 0.29) is 4.99 Å². The van der Waals surface area contributed by atoms with Crippen LogP contribution in [0.4, 0.5) is 0 Å². The highest BCUT2D eigenvalue weighted by atomic mass is 79.9. The number of benzene rings is 1. The minimum atomic E-state index is 0.276. The number of aryl methyl sites for hydroxylation is 3. The summed E-state index contributed by atoms with van der Waals surface area (Å²) < 4.78 is 6.95. The van der Waals surface area contributed by atoms with Crippen molar-refractivity contribution < 1.29 is 4.74 Å². The molecule has 0 atom stereocenters. The molecule has 0 bridgehead atoms. The van der Waals surface area contributed by atoms with Gasteiger partial charge in [0.1, 0.15) is 10.7 Å². The molecule has 0 saturated carbocycles. The largest absolute Gasteiger partial charge is 0.438 e. The predicted molar refractivity (Wildman–Crippen MR) is 88.6 cm³/mol. The van der Waals surface area contributed by atoms with E-state index in [4.69, 9.17) is 22.7 Å². The first-order chi connectivity index (χ1) is 9.38. The molecule has 3 nitrogen and oxygen atoms in total. The Bertz CT molecular complexity index is 663. The lowest BCUT2D eigenvalue weighted by Gasteiger charge is -2.12. The van der Waals surface area contributed by atoms with Crippen molar-refractivity contribution in [1.82, 2.24) is 4.98 Å². The van der Waals surface area contributed by atoms with Gasteiger partial charge in [0.25, 0.3) is 0 Å². The molecule has 1 aromatic carbocycles. The van der Waals surface area contributed by atoms with E-state index in [1.165, 1.54) is 0 Å². The minimum Gasteiger partial charge on any atom is -0.438 e. The van der Waals surface area contributed by atoms with E-state index in [0.29, 0.717) is 11.4 Å². The second-order valence-electron chi connectivity index (χ2n) is 4.64. The molecule has 0 aliphatic carbocycles. The number of nitrogens with two attached hydrogens (primary N) is 1. The van der Waals surface area contributed by atoms with Gasteiger partial charge in [-0.2, -0.15) is 0 Å². The average Bonchev–Trinajstić information content (AvgIpc) is 2.35. The van der Waals surface area contributed by atoms with Gasteiger partial charge in [0, 0.05) is 10.2 Å². The van der Waals surface area contributed by atoms with Gasteiger partial charge in [-0.1, -0.05) is 28.1 Å². The van der Waals surface area contributed by atoms with Crippen LogP contribution in [0.5, 0.6) is 11.6 Å². The maximum absolute atomic E-state index is 5.87. The number of thiocarbonyl (C=S) groups is 1. The highest BCUT2D eigenvalue weighted by Crippen LogP contribution is 2.30. The van der Waals surface area contributed by atoms with E-state index in [9.17, 15) is 0 Å². The Hall–Kier alpha value is -1.46. The number of nitrogens with zero attached hydrogens (tertiary/aromatic N) is 1. The van der Waals surface area contributed by atoms with Crippen molar-refractivity contribution in [3.05, 3.63) is 51.1 Å². The molecular formula is C15H15BrN2OS. The molecular weight excluding hydrogens is 336 g/mol. The van der Waals surface area contributed by atoms with Gasteiger partial charge in [0.05, 0.1) is 5.56 Å². The Balaban J connectivity index is 2.44. The summed E-state index contributed by atoms with van der Waals surface area (Å²) in [5.74, 6) is 1.16. The lowest BCUT2D eigenvalue weighted by Crippen LogP contribution is -2.12. The molecule has 0 spiro atoms. The Labute approximate surface area is 132 Å². The third-order valence-electron chi connectivity index (χ3n) is 2.89. The summed E-state index contributed by atoms with van der Waals surface area (Å²) in [6, 6.07) is 7.59. The van der Waals surface area contributed by atoms with Crippen LogP contribution < -0.4 is 10.5 Å². The maximum Gasteiger partial charge on any atom is 0.229 e. The number of aromatic nitrogens is 1. The van der Waals surface area contributed by atoms with Crippen molar-refractivity contribution in [2.45, 2.75) is 20.8 Å². The number of rotatable bonds is 3. The second kappa shape index (κ2) is 5.89. The van der Waals surface area contributed by atoms with Crippen LogP contribution >= 0.6 is 28.1 Å². The molecule has 104 valence electrons. The third-order valence-corrected chi connectivity index (χ3v) is 4.36. The van der Waals surface area contributed by atoms with Gasteiger partial charge in [-0.05, 0) is 56.2 Å². The van der Waals surface area contributed by atoms with Gasteiger partial charge in [0.2, 0.25) is 5.88 Å². The summed E-state index contributed by atoms with van der Waals surface area (Å²) in [6.07, 6.45) is 0. The Kier molecular flexibility index (Phi) is 4.40. The summed E-state index contributed by atoms with van der Waals surface area (Å²) in [5.41, 5.74) is 9.40. The van der Waals surface area contributed by atoms with Crippen molar-refractivity contribution in [2.24, 2.45) is 5.73 Å². The van der Waals surface area contributed by atoms with Crippen LogP contribution in [0.1, 0.15) is 22.4 Å². The molecule has 0 fully saturated rings. The summed E-state index contributed by atoms with van der Waals surface area (Å²) in [6.45, 7) is 5.93. The Morgan fingerprint density at radius 3 is 2.35 bits per heavy atom. The van der Waals surface area contributed by atoms with E-state index in [1.54, 1.807) is 0 Å². The smallest absolute Gasteiger partial charge is 0.229 e. The first-order valence-electron chi connectivity index (χ1n) is 6.10. The van der Waals surface area contributed by atoms with Crippen LogP contribution in [-0.2, 0) is 0 Å². The lowest BCUT2D eigenvalue weighted by atomic mass is 10.1. The number of ether oxygens (including phenoxy) is 1. The fourth-order valence-electron chi connectivity index (χ4n) is 1.87. The van der Waals surface area contributed by atoms with E-state index in [1.807, 2.05) is 45.0 Å². The standard InChI is InChI=1S/C15H15BrN2OS/c1-8-6-11(7-9(2)13(8)16)19-15-12(14(17)20)5-4-10(3)18-15/h4-7H,1-3H3,(H2,17,20). The van der Waals surface area contributed by atoms with Gasteiger partial charge in [-0.15, -0.1) is 0 Å². The quantitative estimate of drug-likeness (QED) is 0.842. The molecule has 1 heterocycles. The fourth-order valence-corrected chi connectivity index (χ4v) is 2.26. The molecule has 0 aliphatic heterocycles. The van der Waals surface area contributed by atoms with Crippen LogP contribution in [0, 0.1) is 20.8 Å². The topological polar surface area (TPSA) is 48.1 Å². The molecule has 0 radical (unpaired) electrons. The molecule has 1 aromatic heterocycles. The monoisotopic (exact) mass is 350 g/mol. The zero-order valence-corrected chi connectivity index (χ0v) is 13.9. The first kappa shape index (κ1) is 14.9. The van der Waals surface area contributed by atoms with Gasteiger partial charge >= 0.3 is 0 Å². The zero-order valence-electron chi connectivity index (χ0n) is 11.5. The highest BCUT2D eigenvalue weighted by Gasteiger charge is 2.11. The van der Waals surface area contributed by atoms with Crippen molar-refractivity contribution in [3.63, 3.8) is 0 Å². The van der Waals surface area contributed by atoms with Gasteiger partial charge in [-0.25, -0.2) is 4.98 Å². The van der Waals surface area contributed by atoms with E-state index < -0.39 is 0 Å². The van der Waals surface area contributed by atoms with Crippen molar-refractivity contribution in [2.75, 3.05) is 0 Å². The van der Waals surface area contributed by atoms with Crippen LogP contribution in [0.25, 0.3) is 0 Å². The van der Waals surface area contributed by atoms with E-state index in [0.717, 1.165) is 27.0 Å². The lowest BCUT2D eigenvalue weighted by molar-refractivity contribution is 0.460. The molecule has 5 heteroatoms. The second-order valence-corrected chi connectivity index (χ2v) is 5.88. The molecule has 0 saturated heterocycles. The van der Waals surface area contributed by atoms with Crippen molar-refractivity contribution in [3.8, 4) is 11.6 Å². The first-order valence-corrected chi connectivity index (χ1v) is 7.30. The predicted octanol–water partition coefficient (Wildman–Crippen LogP) is 4.20. The van der Waals surface area contributed by atoms with Crippen molar-refractivity contribution >= 4 is 33.1 Å². The Morgan fingerprint density at radius 1 is 1.20 bits per heavy atom. The van der Waals surface area contributed by atoms with Crippen LogP contribution in [-0.4, -0.2) is 9.97 Å². The highest BCUT2D eigenvalue weighted by molar-refractivity contribution is 9.10. The number of hydrogen-bond donors (Lipinski definition) is 1. The fraction of sp³-hybridized carbons (Fsp3) is 0.200. The molecule has 2 N–H and O–H groups in total. The molecule has 2 aromatic rings. The average molecular weight is 351 g/mol. The SMILES string of the molecule is Cc1ccc(C(N)=S)c(Oc2cc(C)c(Br)c(C)c2)n1. The maximum atomic E-state index is 5.87. The molecule has 0 amide bonds. The van der Waals surface area contributed by atoms with E-state index >= 15 is 0 Å². The van der Waals surface area contributed by atoms with E-state index in [2.05, 4.69) is 20.9 Å². The molecule has 20 heavy (non-hydrogen) atoms. The number of hydrogen-bond acceptors (Lipinski definition) is 3. The number of halogens is 1. The third kappa shape index (κ3) is 3.16. The summed E-state index contributed by atoms with van der Waals surface area (Å²) >= 11 is 8.57. The summed E-state index contributed by atoms with van der Waals surface area (Å²) in [7, 11) is 0. The summed E-state index contributed by atoms with van der Waals surface area (Å²) in [5, 5.41) is 0. The Morgan fingerprint density at radius 2 is 1.80 bits per heavy atom. The normalized spacial score (nSPS) is 10.4.